The van der Waals surface area contributed by atoms with Crippen LogP contribution in [0.3, 0.4) is 0 Å². The quantitative estimate of drug-likeness (QED) is 0.215. The first-order valence-electron chi connectivity index (χ1n) is 15.8. The van der Waals surface area contributed by atoms with Crippen LogP contribution in [0.4, 0.5) is 0 Å². The molecule has 37 heavy (non-hydrogen) atoms. The smallest absolute Gasteiger partial charge is 1.00 e. The summed E-state index contributed by atoms with van der Waals surface area (Å²) in [5, 5.41) is 4.10. The fourth-order valence-electron chi connectivity index (χ4n) is 7.42. The van der Waals surface area contributed by atoms with Gasteiger partial charge in [-0.3, -0.25) is 0 Å². The third-order valence-electron chi connectivity index (χ3n) is 10.0. The van der Waals surface area contributed by atoms with Crippen LogP contribution in [-0.2, 0) is 19.2 Å². The number of allylic oxidation sites excluding steroid dienone is 8. The van der Waals surface area contributed by atoms with E-state index in [1.165, 1.54) is 89.9 Å². The van der Waals surface area contributed by atoms with Gasteiger partial charge in [-0.15, -0.1) is 0 Å². The summed E-state index contributed by atoms with van der Waals surface area (Å²) in [6, 6.07) is 9.69. The summed E-state index contributed by atoms with van der Waals surface area (Å²) in [6.45, 7) is 9.62. The summed E-state index contributed by atoms with van der Waals surface area (Å²) in [4.78, 5) is 0. The zero-order chi connectivity index (χ0) is 24.7. The minimum absolute atomic E-state index is 0. The van der Waals surface area contributed by atoms with Crippen LogP contribution in [0.15, 0.2) is 41.4 Å². The van der Waals surface area contributed by atoms with Crippen LogP contribution in [0, 0.1) is 0 Å². The van der Waals surface area contributed by atoms with Gasteiger partial charge in [-0.1, -0.05) is 0 Å². The van der Waals surface area contributed by atoms with Crippen LogP contribution in [0.25, 0.3) is 0 Å². The standard InChI is InChI=1S/2C16H27Si.2ClH.Ti/c2*1-3-5-8-15-9-10-16(14-15)17(11-6-4-2)12-7-13-17;;;/h2*10H,3-9,11-13H2,1-2H3;2*1H;/q;;;;+2/p-2. The molecule has 0 N–H and O–H groups in total. The summed E-state index contributed by atoms with van der Waals surface area (Å²) in [7, 11) is -2.35. The molecule has 0 nitrogen and oxygen atoms in total. The molecule has 0 radical (unpaired) electrons. The van der Waals surface area contributed by atoms with Crippen LogP contribution >= 0.6 is 0 Å². The average Bonchev–Trinajstić information content (AvgIpc) is 3.40. The molecule has 0 bridgehead atoms. The van der Waals surface area contributed by atoms with E-state index in [0.29, 0.717) is 0 Å². The van der Waals surface area contributed by atoms with E-state index in [2.05, 4.69) is 58.0 Å². The van der Waals surface area contributed by atoms with Crippen LogP contribution in [0.5, 0.6) is 0 Å². The zero-order valence-electron chi connectivity index (χ0n) is 24.6. The van der Waals surface area contributed by atoms with E-state index >= 15 is 0 Å². The molecule has 4 rings (SSSR count). The number of hydrogen-bond donors (Lipinski definition) is 0. The van der Waals surface area contributed by atoms with E-state index < -0.39 is 16.1 Å². The number of hydrogen-bond acceptors (Lipinski definition) is 0. The van der Waals surface area contributed by atoms with E-state index in [1.807, 2.05) is 11.1 Å². The van der Waals surface area contributed by atoms with Gasteiger partial charge in [0.2, 0.25) is 0 Å². The van der Waals surface area contributed by atoms with Crippen LogP contribution < -0.4 is 24.8 Å². The van der Waals surface area contributed by atoms with E-state index in [-0.39, 0.29) is 44.0 Å². The summed E-state index contributed by atoms with van der Waals surface area (Å²) in [5.74, 6) is 0. The van der Waals surface area contributed by atoms with E-state index in [0.717, 1.165) is 0 Å². The van der Waals surface area contributed by atoms with E-state index in [9.17, 15) is 0 Å². The average molecular weight is 614 g/mol. The van der Waals surface area contributed by atoms with Gasteiger partial charge in [0.25, 0.3) is 0 Å². The monoisotopic (exact) mass is 612 g/mol. The second-order valence-electron chi connectivity index (χ2n) is 12.4. The van der Waals surface area contributed by atoms with Crippen LogP contribution in [0.1, 0.15) is 118 Å². The molecule has 5 heteroatoms. The van der Waals surface area contributed by atoms with Crippen LogP contribution in [-0.4, -0.2) is 16.1 Å². The maximum Gasteiger partial charge on any atom is -1.00 e. The van der Waals surface area contributed by atoms with Crippen molar-refractivity contribution in [3.05, 3.63) is 41.4 Å². The number of halogens is 2. The molecule has 0 aromatic carbocycles. The van der Waals surface area contributed by atoms with Gasteiger partial charge in [0, 0.05) is 0 Å². The predicted octanol–water partition coefficient (Wildman–Crippen LogP) is 5.01. The molecule has 0 aromatic rings. The molecule has 0 atom stereocenters. The normalized spacial score (nSPS) is 21.4. The van der Waals surface area contributed by atoms with Gasteiger partial charge in [0.1, 0.15) is 0 Å². The Morgan fingerprint density at radius 3 is 1.27 bits per heavy atom. The van der Waals surface area contributed by atoms with Gasteiger partial charge in [-0.05, 0) is 0 Å². The van der Waals surface area contributed by atoms with Crippen molar-refractivity contribution in [2.45, 2.75) is 154 Å². The Morgan fingerprint density at radius 1 is 0.595 bits per heavy atom. The summed E-state index contributed by atoms with van der Waals surface area (Å²) >= 11 is -0.177. The van der Waals surface area contributed by atoms with Gasteiger partial charge in [-0.25, -0.2) is 0 Å². The van der Waals surface area contributed by atoms with Crippen molar-refractivity contribution in [1.29, 1.82) is 0 Å². The van der Waals surface area contributed by atoms with Gasteiger partial charge < -0.3 is 24.8 Å². The Morgan fingerprint density at radius 2 is 0.973 bits per heavy atom. The minimum atomic E-state index is -1.17. The van der Waals surface area contributed by atoms with Crippen molar-refractivity contribution in [1.82, 2.24) is 0 Å². The third kappa shape index (κ3) is 7.51. The minimum Gasteiger partial charge on any atom is -1.00 e. The Balaban J connectivity index is 0.00000241. The summed E-state index contributed by atoms with van der Waals surface area (Å²) in [6.07, 6.45) is 25.5. The fourth-order valence-corrected chi connectivity index (χ4v) is 22.4. The molecule has 0 unspecified atom stereocenters. The molecule has 4 aliphatic rings. The summed E-state index contributed by atoms with van der Waals surface area (Å²) in [5.41, 5.74) is 3.87. The maximum atomic E-state index is 2.84. The first-order valence-corrected chi connectivity index (χ1v) is 22.6. The van der Waals surface area contributed by atoms with Gasteiger partial charge >= 0.3 is 231 Å². The van der Waals surface area contributed by atoms with Crippen molar-refractivity contribution >= 4 is 16.1 Å². The van der Waals surface area contributed by atoms with Crippen molar-refractivity contribution < 1.29 is 44.0 Å². The number of unbranched alkanes of at least 4 members (excludes halogenated alkanes) is 4. The third-order valence-corrected chi connectivity index (χ3v) is 24.6. The molecule has 2 saturated heterocycles. The Bertz CT molecular complexity index is 792. The van der Waals surface area contributed by atoms with Crippen molar-refractivity contribution in [3.63, 3.8) is 0 Å². The SMILES string of the molecule is CCCCC1=[C]([Ti+2][C]2=C(CCCC)CC=C2[Si]2(CCCC)CCC2)C([Si]2(CCCC)CCC2)=CC1.[Cl-].[Cl-]. The molecule has 0 amide bonds. The first kappa shape index (κ1) is 33.9. The maximum absolute atomic E-state index is 2.84. The molecular weight excluding hydrogens is 559 g/mol. The Hall–Kier alpha value is 0.688. The largest absolute Gasteiger partial charge is 1.00 e. The molecule has 208 valence electrons. The predicted molar refractivity (Wildman–Crippen MR) is 158 cm³/mol. The molecule has 2 fully saturated rings. The fraction of sp³-hybridized carbons (Fsp3) is 0.750. The summed E-state index contributed by atoms with van der Waals surface area (Å²) < 4.78 is 4.10. The molecule has 0 spiro atoms. The first-order chi connectivity index (χ1) is 17.1. The number of rotatable bonds is 16. The van der Waals surface area contributed by atoms with E-state index in [4.69, 9.17) is 0 Å². The Kier molecular flexibility index (Phi) is 14.8. The Labute approximate surface area is 253 Å². The molecule has 2 aliphatic carbocycles. The second kappa shape index (κ2) is 16.2. The second-order valence-corrected chi connectivity index (χ2v) is 23.6. The zero-order valence-corrected chi connectivity index (χ0v) is 29.6. The molecule has 2 heterocycles. The molecule has 0 aromatic heterocycles. The molecular formula is C32H54Cl2Si2Ti. The van der Waals surface area contributed by atoms with Gasteiger partial charge in [0.05, 0.1) is 0 Å². The van der Waals surface area contributed by atoms with E-state index in [1.54, 1.807) is 36.3 Å². The van der Waals surface area contributed by atoms with Crippen LogP contribution in [0.2, 0.25) is 36.3 Å². The molecule has 2 aliphatic heterocycles. The van der Waals surface area contributed by atoms with Crippen molar-refractivity contribution in [3.8, 4) is 0 Å². The van der Waals surface area contributed by atoms with Gasteiger partial charge in [0.15, 0.2) is 0 Å². The topological polar surface area (TPSA) is 0 Å². The molecule has 0 saturated carbocycles. The van der Waals surface area contributed by atoms with Gasteiger partial charge in [-0.2, -0.15) is 0 Å². The van der Waals surface area contributed by atoms with Crippen molar-refractivity contribution in [2.24, 2.45) is 0 Å². The van der Waals surface area contributed by atoms with Crippen molar-refractivity contribution in [2.75, 3.05) is 0 Å².